The molecule has 0 saturated heterocycles. The maximum Gasteiger partial charge on any atom is 0.145 e. The molecule has 0 heterocycles. The average molecular weight is 510 g/mol. The Morgan fingerprint density at radius 3 is 2.24 bits per heavy atom. The van der Waals surface area contributed by atoms with Crippen molar-refractivity contribution in [3.05, 3.63) is 47.0 Å². The van der Waals surface area contributed by atoms with Crippen LogP contribution in [0.2, 0.25) is 0 Å². The lowest BCUT2D eigenvalue weighted by molar-refractivity contribution is 0.348. The zero-order valence-corrected chi connectivity index (χ0v) is 19.8. The van der Waals surface area contributed by atoms with Crippen molar-refractivity contribution in [2.75, 3.05) is 16.4 Å². The Hall–Kier alpha value is -1.63. The lowest BCUT2D eigenvalue weighted by Crippen LogP contribution is -2.12. The van der Waals surface area contributed by atoms with Crippen LogP contribution in [0.3, 0.4) is 0 Å². The molecule has 5 heteroatoms. The first-order valence-electron chi connectivity index (χ1n) is 10.5. The number of rotatable bonds is 6. The highest BCUT2D eigenvalue weighted by molar-refractivity contribution is 14.1. The molecule has 3 rings (SSSR count). The molecule has 29 heavy (non-hydrogen) atoms. The van der Waals surface area contributed by atoms with Gasteiger partial charge in [0.05, 0.1) is 0 Å². The van der Waals surface area contributed by atoms with Gasteiger partial charge in [-0.25, -0.2) is 0 Å². The fourth-order valence-corrected chi connectivity index (χ4v) is 4.21. The number of phenols is 2. The molecule has 160 valence electrons. The van der Waals surface area contributed by atoms with E-state index in [4.69, 9.17) is 11.5 Å². The van der Waals surface area contributed by atoms with E-state index in [1.54, 1.807) is 6.07 Å². The lowest BCUT2D eigenvalue weighted by Gasteiger charge is -2.27. The number of nitrogens with two attached hydrogens (primary N) is 2. The summed E-state index contributed by atoms with van der Waals surface area (Å²) in [7, 11) is 0. The number of benzene rings is 2. The highest BCUT2D eigenvalue weighted by atomic mass is 127. The summed E-state index contributed by atoms with van der Waals surface area (Å²) < 4.78 is 0. The number of aryl methyl sites for hydroxylation is 2. The molecule has 0 unspecified atom stereocenters. The van der Waals surface area contributed by atoms with Crippen molar-refractivity contribution < 1.29 is 10.2 Å². The molecule has 1 fully saturated rings. The van der Waals surface area contributed by atoms with E-state index in [2.05, 4.69) is 47.7 Å². The number of halogens is 1. The fraction of sp³-hybridized carbons (Fsp3) is 0.500. The summed E-state index contributed by atoms with van der Waals surface area (Å²) in [4.78, 5) is 1.97. The molecule has 0 atom stereocenters. The van der Waals surface area contributed by atoms with Gasteiger partial charge in [0.2, 0.25) is 0 Å². The quantitative estimate of drug-likeness (QED) is 0.123. The Balaban J connectivity index is 0.00000145. The van der Waals surface area contributed by atoms with Crippen LogP contribution in [-0.2, 0) is 12.8 Å². The molecule has 0 amide bonds. The van der Waals surface area contributed by atoms with E-state index in [-0.39, 0.29) is 17.2 Å². The van der Waals surface area contributed by atoms with Crippen LogP contribution in [-0.4, -0.2) is 15.1 Å². The number of alkyl halides is 1. The number of phenolic OH excluding ortho intramolecular Hbond substituents is 2. The Morgan fingerprint density at radius 1 is 0.931 bits per heavy atom. The number of hydrogen-bond acceptors (Lipinski definition) is 4. The van der Waals surface area contributed by atoms with Crippen molar-refractivity contribution >= 4 is 34.0 Å². The third-order valence-corrected chi connectivity index (χ3v) is 6.05. The Bertz CT molecular complexity index is 787. The van der Waals surface area contributed by atoms with Crippen molar-refractivity contribution in [3.8, 4) is 11.5 Å². The maximum atomic E-state index is 10.0. The number of hydrogen-bond donors (Lipinski definition) is 4. The normalized spacial score (nSPS) is 18.7. The molecule has 2 aromatic carbocycles. The van der Waals surface area contributed by atoms with Crippen LogP contribution in [0.15, 0.2) is 30.3 Å². The molecule has 0 bridgehead atoms. The standard InChI is InChI=1S/C23H32N2O2.CH3I/c1-15-6-9-17(10-7-15)19-12-8-16(14-20(19)24)4-2-3-5-18-11-13-21(26)22(25)23(18)27;1-2/h8,11-15,17,26-27H,2-7,9-10,24-25H2,1H3;1H3. The molecule has 0 spiro atoms. The van der Waals surface area contributed by atoms with Crippen LogP contribution in [0, 0.1) is 5.92 Å². The molecule has 6 N–H and O–H groups in total. The van der Waals surface area contributed by atoms with Crippen molar-refractivity contribution in [2.24, 2.45) is 5.92 Å². The number of aromatic hydroxyl groups is 2. The van der Waals surface area contributed by atoms with Gasteiger partial charge in [0.15, 0.2) is 0 Å². The third kappa shape index (κ3) is 6.43. The Kier molecular flexibility index (Phi) is 9.40. The van der Waals surface area contributed by atoms with Crippen LogP contribution in [0.1, 0.15) is 68.1 Å². The van der Waals surface area contributed by atoms with Gasteiger partial charge in [-0.3, -0.25) is 0 Å². The molecular formula is C24H35IN2O2. The average Bonchev–Trinajstić information content (AvgIpc) is 2.73. The second-order valence-corrected chi connectivity index (χ2v) is 8.13. The summed E-state index contributed by atoms with van der Waals surface area (Å²) in [6, 6.07) is 9.87. The highest BCUT2D eigenvalue weighted by Gasteiger charge is 2.21. The third-order valence-electron chi connectivity index (χ3n) is 6.05. The molecule has 4 nitrogen and oxygen atoms in total. The SMILES string of the molecule is CC1CCC(c2ccc(CCCCc3ccc(O)c(N)c3O)cc2N)CC1.CI. The van der Waals surface area contributed by atoms with Crippen LogP contribution in [0.25, 0.3) is 0 Å². The minimum Gasteiger partial charge on any atom is -0.506 e. The van der Waals surface area contributed by atoms with Crippen molar-refractivity contribution in [3.63, 3.8) is 0 Å². The van der Waals surface area contributed by atoms with Crippen LogP contribution < -0.4 is 11.5 Å². The van der Waals surface area contributed by atoms with Gasteiger partial charge >= 0.3 is 0 Å². The number of unbranched alkanes of at least 4 members (excludes halogenated alkanes) is 1. The zero-order valence-electron chi connectivity index (χ0n) is 17.6. The van der Waals surface area contributed by atoms with Gasteiger partial charge in [-0.2, -0.15) is 0 Å². The minimum atomic E-state index is -0.0701. The van der Waals surface area contributed by atoms with E-state index in [9.17, 15) is 10.2 Å². The molecule has 1 aliphatic carbocycles. The van der Waals surface area contributed by atoms with Crippen molar-refractivity contribution in [1.82, 2.24) is 0 Å². The molecule has 1 aliphatic rings. The van der Waals surface area contributed by atoms with Gasteiger partial charge in [0, 0.05) is 5.69 Å². The number of anilines is 2. The zero-order chi connectivity index (χ0) is 21.4. The predicted molar refractivity (Wildman–Crippen MR) is 132 cm³/mol. The summed E-state index contributed by atoms with van der Waals surface area (Å²) in [6.07, 6.45) is 8.79. The molecule has 0 aromatic heterocycles. The maximum absolute atomic E-state index is 10.0. The van der Waals surface area contributed by atoms with E-state index in [1.807, 2.05) is 4.93 Å². The van der Waals surface area contributed by atoms with Gasteiger partial charge in [0.25, 0.3) is 0 Å². The lowest BCUT2D eigenvalue weighted by atomic mass is 9.79. The van der Waals surface area contributed by atoms with Gasteiger partial charge in [0.1, 0.15) is 17.2 Å². The minimum absolute atomic E-state index is 0.00500. The topological polar surface area (TPSA) is 92.5 Å². The Morgan fingerprint density at radius 2 is 1.59 bits per heavy atom. The summed E-state index contributed by atoms with van der Waals surface area (Å²) in [5.41, 5.74) is 16.4. The molecule has 1 saturated carbocycles. The summed E-state index contributed by atoms with van der Waals surface area (Å²) in [5, 5.41) is 19.5. The van der Waals surface area contributed by atoms with E-state index in [0.717, 1.165) is 42.9 Å². The van der Waals surface area contributed by atoms with E-state index in [1.165, 1.54) is 42.9 Å². The van der Waals surface area contributed by atoms with Crippen LogP contribution in [0.5, 0.6) is 11.5 Å². The van der Waals surface area contributed by atoms with Gasteiger partial charge in [-0.15, -0.1) is 0 Å². The highest BCUT2D eigenvalue weighted by Crippen LogP contribution is 2.38. The van der Waals surface area contributed by atoms with Gasteiger partial charge < -0.3 is 21.7 Å². The van der Waals surface area contributed by atoms with E-state index >= 15 is 0 Å². The van der Waals surface area contributed by atoms with Crippen molar-refractivity contribution in [1.29, 1.82) is 0 Å². The predicted octanol–water partition coefficient (Wildman–Crippen LogP) is 6.17. The molecule has 2 aromatic rings. The largest absolute Gasteiger partial charge is 0.506 e. The first-order chi connectivity index (χ1) is 14.0. The van der Waals surface area contributed by atoms with Gasteiger partial charge in [-0.1, -0.05) is 60.6 Å². The number of nitrogen functional groups attached to an aromatic ring is 2. The van der Waals surface area contributed by atoms with Crippen LogP contribution in [0.4, 0.5) is 11.4 Å². The molecule has 0 aliphatic heterocycles. The van der Waals surface area contributed by atoms with Gasteiger partial charge in [-0.05, 0) is 84.1 Å². The summed E-state index contributed by atoms with van der Waals surface area (Å²) in [5.74, 6) is 1.41. The molecule has 0 radical (unpaired) electrons. The smallest absolute Gasteiger partial charge is 0.145 e. The first-order valence-corrected chi connectivity index (χ1v) is 12.7. The molecular weight excluding hydrogens is 475 g/mol. The monoisotopic (exact) mass is 510 g/mol. The van der Waals surface area contributed by atoms with Crippen LogP contribution >= 0.6 is 22.6 Å². The second kappa shape index (κ2) is 11.5. The Labute approximate surface area is 188 Å². The summed E-state index contributed by atoms with van der Waals surface area (Å²) in [6.45, 7) is 2.34. The fourth-order valence-electron chi connectivity index (χ4n) is 4.21. The second-order valence-electron chi connectivity index (χ2n) is 8.13. The summed E-state index contributed by atoms with van der Waals surface area (Å²) >= 11 is 2.15. The van der Waals surface area contributed by atoms with E-state index in [0.29, 0.717) is 5.92 Å². The van der Waals surface area contributed by atoms with Crippen molar-refractivity contribution in [2.45, 2.75) is 64.2 Å². The van der Waals surface area contributed by atoms with E-state index < -0.39 is 0 Å². The first kappa shape index (κ1) is 23.6.